The summed E-state index contributed by atoms with van der Waals surface area (Å²) in [4.78, 5) is 0. The van der Waals surface area contributed by atoms with Crippen molar-refractivity contribution in [1.29, 1.82) is 0 Å². The Morgan fingerprint density at radius 1 is 0.686 bits per heavy atom. The number of benzene rings is 5. The first-order valence-electron chi connectivity index (χ1n) is 12.8. The van der Waals surface area contributed by atoms with Crippen LogP contribution in [0.1, 0.15) is 48.8 Å². The van der Waals surface area contributed by atoms with Gasteiger partial charge in [0.15, 0.2) is 0 Å². The monoisotopic (exact) mass is 458 g/mol. The largest absolute Gasteiger partial charge is 0.378 e. The lowest BCUT2D eigenvalue weighted by atomic mass is 9.92. The van der Waals surface area contributed by atoms with Crippen molar-refractivity contribution < 1.29 is 9.47 Å². The number of rotatable bonds is 7. The van der Waals surface area contributed by atoms with E-state index in [2.05, 4.69) is 90.7 Å². The molecular weight excluding hydrogens is 428 g/mol. The van der Waals surface area contributed by atoms with Crippen molar-refractivity contribution in [3.8, 4) is 11.8 Å². The van der Waals surface area contributed by atoms with Gasteiger partial charge in [0.2, 0.25) is 0 Å². The van der Waals surface area contributed by atoms with Crippen molar-refractivity contribution in [1.82, 2.24) is 0 Å². The molecule has 1 aliphatic carbocycles. The fraction of sp³-hybridized carbons (Fsp3) is 0.273. The van der Waals surface area contributed by atoms with Gasteiger partial charge in [-0.1, -0.05) is 85.3 Å². The molecule has 0 aromatic heterocycles. The summed E-state index contributed by atoms with van der Waals surface area (Å²) >= 11 is 0. The second-order valence-electron chi connectivity index (χ2n) is 9.60. The van der Waals surface area contributed by atoms with Crippen LogP contribution < -0.4 is 0 Å². The molecule has 5 aromatic rings. The molecule has 0 N–H and O–H groups in total. The van der Waals surface area contributed by atoms with Gasteiger partial charge in [-0.15, -0.1) is 0 Å². The SMILES string of the molecule is C(#Cc1ccc2ccc3cccc4ccc1c2c34)c1ccc(COCCCOC2CCCC2)cc1. The minimum Gasteiger partial charge on any atom is -0.378 e. The van der Waals surface area contributed by atoms with E-state index in [1.165, 1.54) is 63.6 Å². The van der Waals surface area contributed by atoms with Crippen LogP contribution in [0.25, 0.3) is 32.3 Å². The molecule has 0 radical (unpaired) electrons. The van der Waals surface area contributed by atoms with Gasteiger partial charge in [0.1, 0.15) is 0 Å². The lowest BCUT2D eigenvalue weighted by molar-refractivity contribution is 0.0341. The van der Waals surface area contributed by atoms with Crippen LogP contribution in [0.15, 0.2) is 78.9 Å². The Morgan fingerprint density at radius 3 is 2.20 bits per heavy atom. The van der Waals surface area contributed by atoms with Crippen molar-refractivity contribution in [2.75, 3.05) is 13.2 Å². The molecule has 0 unspecified atom stereocenters. The summed E-state index contributed by atoms with van der Waals surface area (Å²) in [5.74, 6) is 6.79. The minimum atomic E-state index is 0.491. The van der Waals surface area contributed by atoms with Gasteiger partial charge in [0, 0.05) is 24.3 Å². The summed E-state index contributed by atoms with van der Waals surface area (Å²) < 4.78 is 11.7. The Kier molecular flexibility index (Phi) is 6.37. The van der Waals surface area contributed by atoms with Crippen molar-refractivity contribution in [3.63, 3.8) is 0 Å². The van der Waals surface area contributed by atoms with Crippen molar-refractivity contribution in [2.45, 2.75) is 44.8 Å². The first kappa shape index (κ1) is 22.1. The van der Waals surface area contributed by atoms with E-state index in [-0.39, 0.29) is 0 Å². The van der Waals surface area contributed by atoms with Crippen LogP contribution in [-0.4, -0.2) is 19.3 Å². The summed E-state index contributed by atoms with van der Waals surface area (Å²) in [7, 11) is 0. The Morgan fingerprint density at radius 2 is 1.40 bits per heavy atom. The van der Waals surface area contributed by atoms with E-state index in [1.807, 2.05) is 0 Å². The average Bonchev–Trinajstić information content (AvgIpc) is 3.43. The Bertz CT molecular complexity index is 1480. The normalized spacial score (nSPS) is 14.2. The maximum atomic E-state index is 5.90. The summed E-state index contributed by atoms with van der Waals surface area (Å²) in [5, 5.41) is 7.70. The van der Waals surface area contributed by atoms with Gasteiger partial charge in [-0.2, -0.15) is 0 Å². The molecule has 2 nitrogen and oxygen atoms in total. The minimum absolute atomic E-state index is 0.491. The van der Waals surface area contributed by atoms with Crippen LogP contribution >= 0.6 is 0 Å². The molecule has 0 atom stereocenters. The van der Waals surface area contributed by atoms with Gasteiger partial charge in [-0.3, -0.25) is 0 Å². The topological polar surface area (TPSA) is 18.5 Å². The summed E-state index contributed by atoms with van der Waals surface area (Å²) in [5.41, 5.74) is 3.27. The van der Waals surface area contributed by atoms with Gasteiger partial charge in [0.05, 0.1) is 12.7 Å². The smallest absolute Gasteiger partial charge is 0.0716 e. The molecule has 0 heterocycles. The van der Waals surface area contributed by atoms with E-state index < -0.39 is 0 Å². The van der Waals surface area contributed by atoms with Crippen LogP contribution in [0.3, 0.4) is 0 Å². The molecule has 35 heavy (non-hydrogen) atoms. The first-order valence-corrected chi connectivity index (χ1v) is 12.8. The molecule has 6 rings (SSSR count). The van der Waals surface area contributed by atoms with E-state index in [0.29, 0.717) is 12.7 Å². The van der Waals surface area contributed by atoms with E-state index in [9.17, 15) is 0 Å². The Hall–Kier alpha value is -3.38. The fourth-order valence-electron chi connectivity index (χ4n) is 5.32. The molecule has 1 aliphatic rings. The highest BCUT2D eigenvalue weighted by atomic mass is 16.5. The highest BCUT2D eigenvalue weighted by molar-refractivity contribution is 6.23. The highest BCUT2D eigenvalue weighted by Gasteiger charge is 2.14. The van der Waals surface area contributed by atoms with E-state index in [0.717, 1.165) is 30.8 Å². The second kappa shape index (κ2) is 10.1. The lowest BCUT2D eigenvalue weighted by Crippen LogP contribution is -2.10. The molecule has 0 spiro atoms. The van der Waals surface area contributed by atoms with Crippen LogP contribution in [0.4, 0.5) is 0 Å². The van der Waals surface area contributed by atoms with Crippen molar-refractivity contribution >= 4 is 32.3 Å². The van der Waals surface area contributed by atoms with Crippen molar-refractivity contribution in [2.24, 2.45) is 0 Å². The van der Waals surface area contributed by atoms with Crippen molar-refractivity contribution in [3.05, 3.63) is 95.6 Å². The maximum absolute atomic E-state index is 5.90. The zero-order chi connectivity index (χ0) is 23.5. The lowest BCUT2D eigenvalue weighted by Gasteiger charge is -2.11. The number of ether oxygens (including phenoxy) is 2. The summed E-state index contributed by atoms with van der Waals surface area (Å²) in [6.07, 6.45) is 6.55. The quantitative estimate of drug-likeness (QED) is 0.140. The third-order valence-corrected chi connectivity index (χ3v) is 7.18. The Balaban J connectivity index is 1.11. The molecule has 5 aromatic carbocycles. The molecule has 174 valence electrons. The first-order chi connectivity index (χ1) is 17.3. The van der Waals surface area contributed by atoms with Crippen LogP contribution in [-0.2, 0) is 16.1 Å². The summed E-state index contributed by atoms with van der Waals surface area (Å²) in [6.45, 7) is 2.18. The van der Waals surface area contributed by atoms with Gasteiger partial charge in [-0.25, -0.2) is 0 Å². The van der Waals surface area contributed by atoms with Gasteiger partial charge < -0.3 is 9.47 Å². The van der Waals surface area contributed by atoms with Crippen LogP contribution in [0, 0.1) is 11.8 Å². The number of hydrogen-bond donors (Lipinski definition) is 0. The zero-order valence-electron chi connectivity index (χ0n) is 20.1. The standard InChI is InChI=1S/C33H30O2/c1-2-8-30(7-1)35-22-4-21-34-23-25-11-9-24(10-12-25)13-14-26-15-16-29-18-17-27-5-3-6-28-19-20-31(26)33(29)32(27)28/h3,5-6,9-12,15-20,30H,1-2,4,7-8,21-23H2. The fourth-order valence-corrected chi connectivity index (χ4v) is 5.32. The Labute approximate surface area is 207 Å². The highest BCUT2D eigenvalue weighted by Crippen LogP contribution is 2.35. The third-order valence-electron chi connectivity index (χ3n) is 7.18. The molecule has 1 saturated carbocycles. The van der Waals surface area contributed by atoms with E-state index in [1.54, 1.807) is 0 Å². The predicted molar refractivity (Wildman–Crippen MR) is 145 cm³/mol. The van der Waals surface area contributed by atoms with Crippen LogP contribution in [0.5, 0.6) is 0 Å². The molecule has 2 heteroatoms. The molecule has 0 bridgehead atoms. The van der Waals surface area contributed by atoms with Crippen LogP contribution in [0.2, 0.25) is 0 Å². The van der Waals surface area contributed by atoms with Gasteiger partial charge in [-0.05, 0) is 75.3 Å². The molecule has 0 saturated heterocycles. The molecule has 0 aliphatic heterocycles. The zero-order valence-corrected chi connectivity index (χ0v) is 20.1. The van der Waals surface area contributed by atoms with E-state index in [4.69, 9.17) is 9.47 Å². The maximum Gasteiger partial charge on any atom is 0.0716 e. The van der Waals surface area contributed by atoms with Gasteiger partial charge in [0.25, 0.3) is 0 Å². The average molecular weight is 459 g/mol. The molecule has 0 amide bonds. The molecule has 1 fully saturated rings. The predicted octanol–water partition coefficient (Wildman–Crippen LogP) is 7.85. The third kappa shape index (κ3) is 4.76. The summed E-state index contributed by atoms with van der Waals surface area (Å²) in [6, 6.07) is 28.1. The second-order valence-corrected chi connectivity index (χ2v) is 9.60. The molecular formula is C33H30O2. The number of hydrogen-bond acceptors (Lipinski definition) is 2. The van der Waals surface area contributed by atoms with E-state index >= 15 is 0 Å². The van der Waals surface area contributed by atoms with Gasteiger partial charge >= 0.3 is 0 Å².